The number of nitrogens with zero attached hydrogens (tertiary/aromatic N) is 4. The van der Waals surface area contributed by atoms with Gasteiger partial charge >= 0.3 is 5.82 Å². The molecule has 1 aromatic rings. The maximum atomic E-state index is 11.6. The third-order valence-corrected chi connectivity index (χ3v) is 2.26. The summed E-state index contributed by atoms with van der Waals surface area (Å²) in [7, 11) is 3.18. The van der Waals surface area contributed by atoms with Crippen molar-refractivity contribution in [2.75, 3.05) is 20.1 Å². The van der Waals surface area contributed by atoms with Crippen molar-refractivity contribution < 1.29 is 9.72 Å². The Kier molecular flexibility index (Phi) is 4.55. The fraction of sp³-hybridized carbons (Fsp3) is 0.400. The molecule has 0 bridgehead atoms. The number of hydrogen-bond donors (Lipinski definition) is 1. The molecule has 0 aromatic carbocycles. The number of hydrogen-bond acceptors (Lipinski definition) is 5. The summed E-state index contributed by atoms with van der Waals surface area (Å²) in [5, 5.41) is 14.4. The molecule has 0 aliphatic carbocycles. The maximum absolute atomic E-state index is 11.6. The summed E-state index contributed by atoms with van der Waals surface area (Å²) >= 11 is 0. The molecular formula is C10H15N5O3. The minimum atomic E-state index is -0.590. The Hall–Kier alpha value is -2.22. The number of nitrogens with two attached hydrogens (primary N) is 1. The van der Waals surface area contributed by atoms with Gasteiger partial charge in [-0.2, -0.15) is 4.68 Å². The van der Waals surface area contributed by atoms with E-state index < -0.39 is 4.92 Å². The monoisotopic (exact) mass is 253 g/mol. The Bertz CT molecular complexity index is 480. The van der Waals surface area contributed by atoms with Crippen molar-refractivity contribution in [3.05, 3.63) is 28.0 Å². The number of nitro groups is 1. The molecule has 1 rings (SSSR count). The average molecular weight is 253 g/mol. The van der Waals surface area contributed by atoms with Gasteiger partial charge in [0.05, 0.1) is 23.9 Å². The quantitative estimate of drug-likeness (QED) is 0.442. The lowest BCUT2D eigenvalue weighted by Crippen LogP contribution is -2.30. The Labute approximate surface area is 104 Å². The van der Waals surface area contributed by atoms with Gasteiger partial charge < -0.3 is 20.7 Å². The zero-order chi connectivity index (χ0) is 13.7. The zero-order valence-corrected chi connectivity index (χ0v) is 10.2. The molecule has 8 heteroatoms. The van der Waals surface area contributed by atoms with E-state index in [1.54, 1.807) is 14.1 Å². The third kappa shape index (κ3) is 3.39. The van der Waals surface area contributed by atoms with E-state index in [9.17, 15) is 14.9 Å². The van der Waals surface area contributed by atoms with Gasteiger partial charge in [0, 0.05) is 26.2 Å². The number of carbonyl (C=O) groups excluding carboxylic acids is 1. The fourth-order valence-corrected chi connectivity index (χ4v) is 1.35. The first-order chi connectivity index (χ1) is 8.45. The Morgan fingerprint density at radius 3 is 2.94 bits per heavy atom. The molecule has 0 aliphatic rings. The van der Waals surface area contributed by atoms with Crippen LogP contribution in [0.15, 0.2) is 12.3 Å². The van der Waals surface area contributed by atoms with Crippen LogP contribution in [0.1, 0.15) is 5.56 Å². The first kappa shape index (κ1) is 13.8. The van der Waals surface area contributed by atoms with Crippen molar-refractivity contribution >= 4 is 17.8 Å². The van der Waals surface area contributed by atoms with E-state index in [0.717, 1.165) is 0 Å². The van der Waals surface area contributed by atoms with Crippen LogP contribution in [0.3, 0.4) is 0 Å². The van der Waals surface area contributed by atoms with E-state index >= 15 is 0 Å². The Morgan fingerprint density at radius 1 is 1.72 bits per heavy atom. The van der Waals surface area contributed by atoms with E-state index in [-0.39, 0.29) is 17.3 Å². The van der Waals surface area contributed by atoms with Crippen LogP contribution in [0, 0.1) is 10.1 Å². The highest BCUT2D eigenvalue weighted by atomic mass is 16.6. The molecule has 0 atom stereocenters. The molecular weight excluding hydrogens is 238 g/mol. The number of likely N-dealkylation sites (N-methyl/N-ethyl adjacent to an activating group) is 1. The second kappa shape index (κ2) is 5.92. The summed E-state index contributed by atoms with van der Waals surface area (Å²) in [5.74, 6) is -0.540. The lowest BCUT2D eigenvalue weighted by molar-refractivity contribution is -0.390. The van der Waals surface area contributed by atoms with Crippen LogP contribution < -0.4 is 5.73 Å². The van der Waals surface area contributed by atoms with Crippen LogP contribution in [0.5, 0.6) is 0 Å². The van der Waals surface area contributed by atoms with Crippen LogP contribution in [-0.4, -0.2) is 45.6 Å². The van der Waals surface area contributed by atoms with Gasteiger partial charge in [-0.1, -0.05) is 0 Å². The zero-order valence-electron chi connectivity index (χ0n) is 10.2. The normalized spacial score (nSPS) is 10.8. The molecule has 18 heavy (non-hydrogen) atoms. The van der Waals surface area contributed by atoms with E-state index in [1.165, 1.54) is 27.9 Å². The van der Waals surface area contributed by atoms with Crippen LogP contribution >= 0.6 is 0 Å². The lowest BCUT2D eigenvalue weighted by atomic mass is 10.3. The topological polar surface area (TPSA) is 107 Å². The number of aromatic nitrogens is 2. The van der Waals surface area contributed by atoms with Crippen LogP contribution in [0.2, 0.25) is 0 Å². The molecule has 0 radical (unpaired) electrons. The summed E-state index contributed by atoms with van der Waals surface area (Å²) in [6.45, 7) is 0.793. The van der Waals surface area contributed by atoms with Gasteiger partial charge in [0.1, 0.15) is 0 Å². The molecule has 0 unspecified atom stereocenters. The second-order valence-electron chi connectivity index (χ2n) is 3.72. The van der Waals surface area contributed by atoms with E-state index in [4.69, 9.17) is 5.73 Å². The minimum absolute atomic E-state index is 0.265. The molecule has 0 aliphatic heterocycles. The largest absolute Gasteiger partial charge is 0.397 e. The van der Waals surface area contributed by atoms with Gasteiger partial charge in [-0.25, -0.2) is 0 Å². The predicted molar refractivity (Wildman–Crippen MR) is 65.6 cm³/mol. The smallest absolute Gasteiger partial charge is 0.358 e. The molecule has 1 heterocycles. The summed E-state index contributed by atoms with van der Waals surface area (Å²) in [6, 6.07) is 0. The van der Waals surface area contributed by atoms with Crippen molar-refractivity contribution in [2.45, 2.75) is 0 Å². The standard InChI is InChI=1S/C10H15N5O3/c1-13(6-5-11)9(16)4-3-8-7-14(2)12-10(8)15(17)18/h3-4,7H,5-6,11H2,1-2H3. The molecule has 0 saturated heterocycles. The van der Waals surface area contributed by atoms with Gasteiger partial charge in [0.2, 0.25) is 5.91 Å². The van der Waals surface area contributed by atoms with Crippen molar-refractivity contribution in [3.8, 4) is 0 Å². The van der Waals surface area contributed by atoms with Gasteiger partial charge in [0.25, 0.3) is 0 Å². The Balaban J connectivity index is 2.84. The molecule has 0 saturated carbocycles. The molecule has 1 amide bonds. The highest BCUT2D eigenvalue weighted by Gasteiger charge is 2.17. The fourth-order valence-electron chi connectivity index (χ4n) is 1.35. The van der Waals surface area contributed by atoms with Crippen LogP contribution in [0.4, 0.5) is 5.82 Å². The highest BCUT2D eigenvalue weighted by molar-refractivity contribution is 5.92. The lowest BCUT2D eigenvalue weighted by Gasteiger charge is -2.12. The van der Waals surface area contributed by atoms with E-state index in [1.807, 2.05) is 0 Å². The summed E-state index contributed by atoms with van der Waals surface area (Å²) < 4.78 is 1.33. The number of aryl methyl sites for hydroxylation is 1. The summed E-state index contributed by atoms with van der Waals surface area (Å²) in [5.41, 5.74) is 5.61. The highest BCUT2D eigenvalue weighted by Crippen LogP contribution is 2.16. The SMILES string of the molecule is CN(CCN)C(=O)C=Cc1cn(C)nc1[N+](=O)[O-]. The molecule has 98 valence electrons. The van der Waals surface area contributed by atoms with Crippen molar-refractivity contribution in [1.82, 2.24) is 14.7 Å². The van der Waals surface area contributed by atoms with Crippen molar-refractivity contribution in [1.29, 1.82) is 0 Å². The van der Waals surface area contributed by atoms with Crippen molar-refractivity contribution in [3.63, 3.8) is 0 Å². The third-order valence-electron chi connectivity index (χ3n) is 2.26. The summed E-state index contributed by atoms with van der Waals surface area (Å²) in [6.07, 6.45) is 4.12. The Morgan fingerprint density at radius 2 is 2.39 bits per heavy atom. The first-order valence-electron chi connectivity index (χ1n) is 5.27. The minimum Gasteiger partial charge on any atom is -0.358 e. The van der Waals surface area contributed by atoms with Crippen LogP contribution in [0.25, 0.3) is 6.08 Å². The van der Waals surface area contributed by atoms with Gasteiger partial charge in [0.15, 0.2) is 0 Å². The van der Waals surface area contributed by atoms with Gasteiger partial charge in [-0.05, 0) is 11.0 Å². The van der Waals surface area contributed by atoms with Crippen molar-refractivity contribution in [2.24, 2.45) is 12.8 Å². The van der Waals surface area contributed by atoms with Gasteiger partial charge in [-0.3, -0.25) is 4.79 Å². The molecule has 8 nitrogen and oxygen atoms in total. The molecule has 0 fully saturated rings. The molecule has 0 spiro atoms. The summed E-state index contributed by atoms with van der Waals surface area (Å²) in [4.78, 5) is 23.1. The maximum Gasteiger partial charge on any atom is 0.397 e. The second-order valence-corrected chi connectivity index (χ2v) is 3.72. The predicted octanol–water partition coefficient (Wildman–Crippen LogP) is -0.241. The van der Waals surface area contributed by atoms with E-state index in [2.05, 4.69) is 5.10 Å². The average Bonchev–Trinajstić information content (AvgIpc) is 2.68. The first-order valence-corrected chi connectivity index (χ1v) is 5.27. The number of amides is 1. The molecule has 1 aromatic heterocycles. The molecule has 2 N–H and O–H groups in total. The van der Waals surface area contributed by atoms with Crippen LogP contribution in [-0.2, 0) is 11.8 Å². The number of rotatable bonds is 5. The number of carbonyl (C=O) groups is 1. The van der Waals surface area contributed by atoms with E-state index in [0.29, 0.717) is 13.1 Å². The van der Waals surface area contributed by atoms with Gasteiger partial charge in [-0.15, -0.1) is 0 Å².